The predicted octanol–water partition coefficient (Wildman–Crippen LogP) is 3.53. The number of methoxy groups -OCH3 is 2. The standard InChI is InChI=1S/C18H21NO3/c1-21-17-9-14(16-7-6-12(11-20)10-19-16)8-15(18(17)22-2)13-4-3-5-13/h6-10,13,20H,3-5,11H2,1-2H3. The molecule has 4 nitrogen and oxygen atoms in total. The normalized spacial score (nSPS) is 14.5. The Hall–Kier alpha value is -2.07. The molecule has 1 heterocycles. The van der Waals surface area contributed by atoms with Crippen LogP contribution in [0.25, 0.3) is 11.3 Å². The molecule has 0 spiro atoms. The van der Waals surface area contributed by atoms with Gasteiger partial charge in [0.05, 0.1) is 26.5 Å². The van der Waals surface area contributed by atoms with Crippen molar-refractivity contribution in [1.82, 2.24) is 4.98 Å². The molecular formula is C18H21NO3. The van der Waals surface area contributed by atoms with Gasteiger partial charge in [-0.1, -0.05) is 12.5 Å². The van der Waals surface area contributed by atoms with Crippen molar-refractivity contribution >= 4 is 0 Å². The average molecular weight is 299 g/mol. The first-order valence-corrected chi connectivity index (χ1v) is 7.59. The Kier molecular flexibility index (Phi) is 4.29. The van der Waals surface area contributed by atoms with E-state index in [4.69, 9.17) is 14.6 Å². The molecule has 1 aliphatic carbocycles. The number of ether oxygens (including phenoxy) is 2. The molecule has 1 saturated carbocycles. The summed E-state index contributed by atoms with van der Waals surface area (Å²) in [6.45, 7) is 0.00649. The van der Waals surface area contributed by atoms with Crippen molar-refractivity contribution in [2.24, 2.45) is 0 Å². The number of aliphatic hydroxyl groups excluding tert-OH is 1. The van der Waals surface area contributed by atoms with Crippen LogP contribution >= 0.6 is 0 Å². The minimum atomic E-state index is 0.00649. The van der Waals surface area contributed by atoms with Gasteiger partial charge in [-0.05, 0) is 42.5 Å². The molecule has 0 aliphatic heterocycles. The third-order valence-electron chi connectivity index (χ3n) is 4.36. The first-order chi connectivity index (χ1) is 10.8. The Morgan fingerprint density at radius 1 is 1.18 bits per heavy atom. The highest BCUT2D eigenvalue weighted by atomic mass is 16.5. The van der Waals surface area contributed by atoms with E-state index in [2.05, 4.69) is 11.1 Å². The van der Waals surface area contributed by atoms with Crippen LogP contribution in [0.5, 0.6) is 11.5 Å². The molecule has 1 aromatic heterocycles. The summed E-state index contributed by atoms with van der Waals surface area (Å²) in [6, 6.07) is 7.94. The summed E-state index contributed by atoms with van der Waals surface area (Å²) in [7, 11) is 3.35. The Morgan fingerprint density at radius 2 is 2.00 bits per heavy atom. The first kappa shape index (κ1) is 14.9. The summed E-state index contributed by atoms with van der Waals surface area (Å²) in [5, 5.41) is 9.13. The first-order valence-electron chi connectivity index (χ1n) is 7.59. The molecule has 1 aromatic carbocycles. The Balaban J connectivity index is 2.06. The van der Waals surface area contributed by atoms with Gasteiger partial charge in [-0.25, -0.2) is 0 Å². The van der Waals surface area contributed by atoms with Crippen LogP contribution in [0.15, 0.2) is 30.5 Å². The highest BCUT2D eigenvalue weighted by molar-refractivity contribution is 5.67. The van der Waals surface area contributed by atoms with Crippen molar-refractivity contribution in [2.45, 2.75) is 31.8 Å². The van der Waals surface area contributed by atoms with Gasteiger partial charge in [-0.15, -0.1) is 0 Å². The Bertz CT molecular complexity index is 648. The molecule has 0 radical (unpaired) electrons. The Morgan fingerprint density at radius 3 is 2.50 bits per heavy atom. The molecular weight excluding hydrogens is 278 g/mol. The summed E-state index contributed by atoms with van der Waals surface area (Å²) >= 11 is 0. The van der Waals surface area contributed by atoms with Gasteiger partial charge in [0.1, 0.15) is 0 Å². The van der Waals surface area contributed by atoms with E-state index in [0.29, 0.717) is 5.92 Å². The average Bonchev–Trinajstić information content (AvgIpc) is 2.52. The summed E-state index contributed by atoms with van der Waals surface area (Å²) in [6.07, 6.45) is 5.36. The maximum Gasteiger partial charge on any atom is 0.164 e. The fourth-order valence-electron chi connectivity index (χ4n) is 2.85. The molecule has 0 unspecified atom stereocenters. The van der Waals surface area contributed by atoms with Crippen molar-refractivity contribution in [2.75, 3.05) is 14.2 Å². The van der Waals surface area contributed by atoms with Gasteiger partial charge in [0.2, 0.25) is 0 Å². The van der Waals surface area contributed by atoms with E-state index >= 15 is 0 Å². The van der Waals surface area contributed by atoms with E-state index in [1.54, 1.807) is 20.4 Å². The van der Waals surface area contributed by atoms with Crippen LogP contribution in [0.1, 0.15) is 36.3 Å². The lowest BCUT2D eigenvalue weighted by Gasteiger charge is -2.28. The second-order valence-electron chi connectivity index (χ2n) is 5.64. The third kappa shape index (κ3) is 2.66. The molecule has 3 rings (SSSR count). The summed E-state index contributed by atoms with van der Waals surface area (Å²) in [5.74, 6) is 2.12. The number of hydrogen-bond donors (Lipinski definition) is 1. The smallest absolute Gasteiger partial charge is 0.164 e. The monoisotopic (exact) mass is 299 g/mol. The maximum atomic E-state index is 9.13. The second kappa shape index (κ2) is 6.36. The lowest BCUT2D eigenvalue weighted by atomic mass is 9.79. The fraction of sp³-hybridized carbons (Fsp3) is 0.389. The summed E-state index contributed by atoms with van der Waals surface area (Å²) < 4.78 is 11.1. The van der Waals surface area contributed by atoms with Crippen molar-refractivity contribution in [3.05, 3.63) is 41.6 Å². The number of benzene rings is 1. The van der Waals surface area contributed by atoms with Crippen LogP contribution < -0.4 is 9.47 Å². The van der Waals surface area contributed by atoms with Gasteiger partial charge in [-0.3, -0.25) is 4.98 Å². The number of pyridine rings is 1. The zero-order valence-electron chi connectivity index (χ0n) is 13.0. The van der Waals surface area contributed by atoms with Gasteiger partial charge < -0.3 is 14.6 Å². The molecule has 0 bridgehead atoms. The van der Waals surface area contributed by atoms with Gasteiger partial charge in [-0.2, -0.15) is 0 Å². The van der Waals surface area contributed by atoms with Crippen LogP contribution in [0.4, 0.5) is 0 Å². The van der Waals surface area contributed by atoms with E-state index in [0.717, 1.165) is 28.3 Å². The van der Waals surface area contributed by atoms with E-state index in [1.165, 1.54) is 24.8 Å². The molecule has 2 aromatic rings. The van der Waals surface area contributed by atoms with Gasteiger partial charge in [0.15, 0.2) is 11.5 Å². The van der Waals surface area contributed by atoms with Crippen LogP contribution in [0.3, 0.4) is 0 Å². The maximum absolute atomic E-state index is 9.13. The minimum absolute atomic E-state index is 0.00649. The lowest BCUT2D eigenvalue weighted by molar-refractivity contribution is 0.281. The van der Waals surface area contributed by atoms with Crippen molar-refractivity contribution in [1.29, 1.82) is 0 Å². The van der Waals surface area contributed by atoms with E-state index in [-0.39, 0.29) is 6.61 Å². The van der Waals surface area contributed by atoms with Crippen LogP contribution in [-0.4, -0.2) is 24.3 Å². The predicted molar refractivity (Wildman–Crippen MR) is 85.3 cm³/mol. The SMILES string of the molecule is COc1cc(-c2ccc(CO)cn2)cc(C2CCC2)c1OC. The zero-order chi connectivity index (χ0) is 15.5. The molecule has 116 valence electrons. The summed E-state index contributed by atoms with van der Waals surface area (Å²) in [4.78, 5) is 4.44. The number of aliphatic hydroxyl groups is 1. The van der Waals surface area contributed by atoms with Gasteiger partial charge in [0.25, 0.3) is 0 Å². The van der Waals surface area contributed by atoms with Crippen molar-refractivity contribution in [3.63, 3.8) is 0 Å². The summed E-state index contributed by atoms with van der Waals surface area (Å²) in [5.41, 5.74) is 3.90. The lowest BCUT2D eigenvalue weighted by Crippen LogP contribution is -2.11. The van der Waals surface area contributed by atoms with E-state index in [1.807, 2.05) is 18.2 Å². The largest absolute Gasteiger partial charge is 0.493 e. The number of rotatable bonds is 5. The number of hydrogen-bond acceptors (Lipinski definition) is 4. The van der Waals surface area contributed by atoms with Gasteiger partial charge in [0, 0.05) is 17.3 Å². The third-order valence-corrected chi connectivity index (χ3v) is 4.36. The Labute approximate surface area is 130 Å². The molecule has 1 aliphatic rings. The number of aromatic nitrogens is 1. The molecule has 22 heavy (non-hydrogen) atoms. The second-order valence-corrected chi connectivity index (χ2v) is 5.64. The molecule has 4 heteroatoms. The molecule has 0 atom stereocenters. The minimum Gasteiger partial charge on any atom is -0.493 e. The molecule has 1 N–H and O–H groups in total. The van der Waals surface area contributed by atoms with Crippen LogP contribution in [-0.2, 0) is 6.61 Å². The molecule has 1 fully saturated rings. The van der Waals surface area contributed by atoms with E-state index in [9.17, 15) is 0 Å². The zero-order valence-corrected chi connectivity index (χ0v) is 13.0. The van der Waals surface area contributed by atoms with Crippen LogP contribution in [0.2, 0.25) is 0 Å². The highest BCUT2D eigenvalue weighted by Gasteiger charge is 2.26. The quantitative estimate of drug-likeness (QED) is 0.917. The van der Waals surface area contributed by atoms with Gasteiger partial charge >= 0.3 is 0 Å². The topological polar surface area (TPSA) is 51.6 Å². The molecule has 0 amide bonds. The fourth-order valence-corrected chi connectivity index (χ4v) is 2.85. The van der Waals surface area contributed by atoms with Crippen molar-refractivity contribution < 1.29 is 14.6 Å². The number of nitrogens with zero attached hydrogens (tertiary/aromatic N) is 1. The van der Waals surface area contributed by atoms with Crippen LogP contribution in [0, 0.1) is 0 Å². The molecule has 0 saturated heterocycles. The highest BCUT2D eigenvalue weighted by Crippen LogP contribution is 2.46. The van der Waals surface area contributed by atoms with E-state index < -0.39 is 0 Å². The van der Waals surface area contributed by atoms with Crippen molar-refractivity contribution in [3.8, 4) is 22.8 Å².